The monoisotopic (exact) mass is 313 g/mol. The Labute approximate surface area is 131 Å². The molecule has 0 saturated heterocycles. The molecule has 1 aromatic carbocycles. The molecule has 0 atom stereocenters. The van der Waals surface area contributed by atoms with Crippen LogP contribution in [0.5, 0.6) is 5.75 Å². The molecule has 116 valence electrons. The Hall–Kier alpha value is -3.26. The lowest BCUT2D eigenvalue weighted by molar-refractivity contribution is -0.131. The van der Waals surface area contributed by atoms with E-state index in [4.69, 9.17) is 14.7 Å². The molecule has 1 heterocycles. The largest absolute Gasteiger partial charge is 0.426 e. The van der Waals surface area contributed by atoms with Crippen LogP contribution in [-0.4, -0.2) is 24.7 Å². The van der Waals surface area contributed by atoms with Crippen LogP contribution in [0.3, 0.4) is 0 Å². The summed E-state index contributed by atoms with van der Waals surface area (Å²) in [7, 11) is 1.79. The topological polar surface area (TPSA) is 130 Å². The highest BCUT2D eigenvalue weighted by Gasteiger charge is 2.17. The van der Waals surface area contributed by atoms with E-state index in [1.807, 2.05) is 0 Å². The lowest BCUT2D eigenvalue weighted by atomic mass is 9.94. The summed E-state index contributed by atoms with van der Waals surface area (Å²) in [5, 5.41) is 5.74. The lowest BCUT2D eigenvalue weighted by Gasteiger charge is -2.09. The second-order valence-electron chi connectivity index (χ2n) is 4.65. The van der Waals surface area contributed by atoms with Crippen LogP contribution in [-0.2, 0) is 4.79 Å². The van der Waals surface area contributed by atoms with Gasteiger partial charge in [-0.05, 0) is 23.6 Å². The quantitative estimate of drug-likeness (QED) is 0.227. The number of aryl methyl sites for hydroxylation is 1. The standard InChI is InChI=1S/C13H12BN5O4/c1-6-12(18-19-15)23-13(16-6)17-11(21)9-5-8(14)3-4-10(9)22-7(2)20/h3-5H,14H2,1-2H3,(H,16,17,21). The summed E-state index contributed by atoms with van der Waals surface area (Å²) >= 11 is 0. The summed E-state index contributed by atoms with van der Waals surface area (Å²) < 4.78 is 10.1. The number of nitrogens with zero attached hydrogens (tertiary/aromatic N) is 4. The van der Waals surface area contributed by atoms with Crippen molar-refractivity contribution in [3.8, 4) is 5.75 Å². The fourth-order valence-corrected chi connectivity index (χ4v) is 1.80. The van der Waals surface area contributed by atoms with Crippen molar-refractivity contribution in [2.45, 2.75) is 13.8 Å². The molecule has 0 bridgehead atoms. The van der Waals surface area contributed by atoms with Gasteiger partial charge in [0.25, 0.3) is 5.91 Å². The Bertz CT molecular complexity index is 826. The van der Waals surface area contributed by atoms with Crippen LogP contribution < -0.4 is 15.5 Å². The summed E-state index contributed by atoms with van der Waals surface area (Å²) in [5.41, 5.74) is 9.70. The zero-order valence-corrected chi connectivity index (χ0v) is 12.7. The molecule has 9 nitrogen and oxygen atoms in total. The van der Waals surface area contributed by atoms with Crippen molar-refractivity contribution in [3.05, 3.63) is 39.9 Å². The van der Waals surface area contributed by atoms with Crippen LogP contribution in [0.25, 0.3) is 10.4 Å². The average molecular weight is 313 g/mol. The van der Waals surface area contributed by atoms with Crippen molar-refractivity contribution in [3.63, 3.8) is 0 Å². The van der Waals surface area contributed by atoms with Gasteiger partial charge < -0.3 is 9.15 Å². The molecule has 23 heavy (non-hydrogen) atoms. The molecular weight excluding hydrogens is 301 g/mol. The normalized spacial score (nSPS) is 9.83. The molecule has 0 radical (unpaired) electrons. The summed E-state index contributed by atoms with van der Waals surface area (Å²) in [5.74, 6) is -1.02. The Balaban J connectivity index is 2.30. The van der Waals surface area contributed by atoms with Gasteiger partial charge in [0.05, 0.1) is 11.3 Å². The van der Waals surface area contributed by atoms with Gasteiger partial charge in [-0.15, -0.1) is 0 Å². The minimum absolute atomic E-state index is 0.0350. The Kier molecular flexibility index (Phi) is 4.68. The first-order chi connectivity index (χ1) is 10.9. The number of azide groups is 1. The van der Waals surface area contributed by atoms with Gasteiger partial charge in [-0.2, -0.15) is 4.98 Å². The highest BCUT2D eigenvalue weighted by atomic mass is 16.5. The SMILES string of the molecule is Bc1ccc(OC(C)=O)c(C(=O)Nc2nc(C)c(N=[N+]=[N-])o2)c1. The van der Waals surface area contributed by atoms with E-state index >= 15 is 0 Å². The number of aromatic nitrogens is 1. The van der Waals surface area contributed by atoms with Crippen LogP contribution in [0.15, 0.2) is 27.7 Å². The summed E-state index contributed by atoms with van der Waals surface area (Å²) in [6.45, 7) is 2.81. The van der Waals surface area contributed by atoms with Gasteiger partial charge in [0.2, 0.25) is 5.88 Å². The molecule has 0 saturated carbocycles. The van der Waals surface area contributed by atoms with E-state index in [1.54, 1.807) is 26.9 Å². The van der Waals surface area contributed by atoms with Crippen LogP contribution in [0, 0.1) is 6.92 Å². The zero-order chi connectivity index (χ0) is 17.0. The first-order valence-corrected chi connectivity index (χ1v) is 6.53. The van der Waals surface area contributed by atoms with Crippen molar-refractivity contribution < 1.29 is 18.7 Å². The van der Waals surface area contributed by atoms with E-state index in [9.17, 15) is 9.59 Å². The number of rotatable bonds is 4. The van der Waals surface area contributed by atoms with Crippen LogP contribution in [0.1, 0.15) is 23.0 Å². The Morgan fingerprint density at radius 2 is 2.22 bits per heavy atom. The highest BCUT2D eigenvalue weighted by Crippen LogP contribution is 2.24. The zero-order valence-electron chi connectivity index (χ0n) is 12.7. The Morgan fingerprint density at radius 1 is 1.48 bits per heavy atom. The molecule has 2 aromatic rings. The van der Waals surface area contributed by atoms with Crippen LogP contribution in [0.2, 0.25) is 0 Å². The maximum Gasteiger partial charge on any atom is 0.308 e. The molecule has 2 rings (SSSR count). The molecule has 0 spiro atoms. The number of nitrogens with one attached hydrogen (secondary N) is 1. The van der Waals surface area contributed by atoms with E-state index < -0.39 is 11.9 Å². The number of hydrogen-bond donors (Lipinski definition) is 1. The average Bonchev–Trinajstić information content (AvgIpc) is 2.80. The number of anilines is 1. The first-order valence-electron chi connectivity index (χ1n) is 6.53. The smallest absolute Gasteiger partial charge is 0.308 e. The first kappa shape index (κ1) is 16.1. The molecule has 10 heteroatoms. The van der Waals surface area contributed by atoms with E-state index in [1.165, 1.54) is 13.0 Å². The van der Waals surface area contributed by atoms with Crippen molar-refractivity contribution in [1.29, 1.82) is 0 Å². The predicted octanol–water partition coefficient (Wildman–Crippen LogP) is 1.36. The maximum atomic E-state index is 12.3. The number of carbonyl (C=O) groups excluding carboxylic acids is 2. The van der Waals surface area contributed by atoms with Gasteiger partial charge in [0, 0.05) is 11.8 Å². The van der Waals surface area contributed by atoms with Gasteiger partial charge in [-0.1, -0.05) is 17.6 Å². The fraction of sp³-hybridized carbons (Fsp3) is 0.154. The van der Waals surface area contributed by atoms with Crippen molar-refractivity contribution in [2.75, 3.05) is 5.32 Å². The van der Waals surface area contributed by atoms with Gasteiger partial charge >= 0.3 is 12.0 Å². The van der Waals surface area contributed by atoms with E-state index in [2.05, 4.69) is 20.3 Å². The minimum Gasteiger partial charge on any atom is -0.426 e. The lowest BCUT2D eigenvalue weighted by Crippen LogP contribution is -2.18. The van der Waals surface area contributed by atoms with E-state index in [-0.39, 0.29) is 23.2 Å². The number of ether oxygens (including phenoxy) is 1. The molecule has 0 aliphatic heterocycles. The van der Waals surface area contributed by atoms with E-state index in [0.717, 1.165) is 5.46 Å². The third kappa shape index (κ3) is 3.89. The number of esters is 1. The third-order valence-electron chi connectivity index (χ3n) is 2.76. The molecule has 1 N–H and O–H groups in total. The van der Waals surface area contributed by atoms with Crippen molar-refractivity contribution in [2.24, 2.45) is 5.11 Å². The number of amides is 1. The third-order valence-corrected chi connectivity index (χ3v) is 2.76. The van der Waals surface area contributed by atoms with Crippen molar-refractivity contribution in [1.82, 2.24) is 4.98 Å². The molecule has 1 aromatic heterocycles. The molecule has 0 aliphatic carbocycles. The van der Waals surface area contributed by atoms with Gasteiger partial charge in [-0.3, -0.25) is 14.9 Å². The van der Waals surface area contributed by atoms with E-state index in [0.29, 0.717) is 5.69 Å². The number of hydrogen-bond acceptors (Lipinski definition) is 6. The summed E-state index contributed by atoms with van der Waals surface area (Å²) in [6.07, 6.45) is 0. The maximum absolute atomic E-state index is 12.3. The number of oxazole rings is 1. The molecular formula is C13H12BN5O4. The molecule has 1 amide bonds. The predicted molar refractivity (Wildman–Crippen MR) is 83.9 cm³/mol. The van der Waals surface area contributed by atoms with Gasteiger partial charge in [-0.25, -0.2) is 0 Å². The number of carbonyl (C=O) groups is 2. The van der Waals surface area contributed by atoms with Gasteiger partial charge in [0.15, 0.2) is 0 Å². The van der Waals surface area contributed by atoms with Crippen LogP contribution >= 0.6 is 0 Å². The molecule has 0 aliphatic rings. The second kappa shape index (κ2) is 6.67. The minimum atomic E-state index is -0.571. The fourth-order valence-electron chi connectivity index (χ4n) is 1.80. The van der Waals surface area contributed by atoms with Crippen LogP contribution in [0.4, 0.5) is 11.9 Å². The molecule has 0 fully saturated rings. The highest BCUT2D eigenvalue weighted by molar-refractivity contribution is 6.33. The second-order valence-corrected chi connectivity index (χ2v) is 4.65. The molecule has 0 unspecified atom stereocenters. The number of benzene rings is 1. The van der Waals surface area contributed by atoms with Gasteiger partial charge in [0.1, 0.15) is 13.6 Å². The van der Waals surface area contributed by atoms with Crippen molar-refractivity contribution >= 4 is 37.1 Å². The Morgan fingerprint density at radius 3 is 2.87 bits per heavy atom. The summed E-state index contributed by atoms with van der Waals surface area (Å²) in [6, 6.07) is 4.69. The summed E-state index contributed by atoms with van der Waals surface area (Å²) in [4.78, 5) is 30.0.